The van der Waals surface area contributed by atoms with Crippen molar-refractivity contribution in [1.82, 2.24) is 9.38 Å². The van der Waals surface area contributed by atoms with Gasteiger partial charge in [-0.15, -0.1) is 0 Å². The Balaban J connectivity index is 2.59. The van der Waals surface area contributed by atoms with E-state index in [1.165, 1.54) is 16.7 Å². The van der Waals surface area contributed by atoms with Crippen molar-refractivity contribution in [3.63, 3.8) is 0 Å². The molecule has 2 aromatic rings. The summed E-state index contributed by atoms with van der Waals surface area (Å²) in [5, 5.41) is 17.3. The molecule has 0 aliphatic heterocycles. The van der Waals surface area contributed by atoms with Gasteiger partial charge in [-0.25, -0.2) is 9.78 Å². The van der Waals surface area contributed by atoms with Gasteiger partial charge in [0.25, 0.3) is 0 Å². The maximum Gasteiger partial charge on any atom is 0.354 e. The molecule has 0 aliphatic rings. The van der Waals surface area contributed by atoms with Crippen LogP contribution in [0.1, 0.15) is 16.1 Å². The van der Waals surface area contributed by atoms with Gasteiger partial charge in [0.15, 0.2) is 5.69 Å². The zero-order chi connectivity index (χ0) is 11.5. The summed E-state index contributed by atoms with van der Waals surface area (Å²) in [4.78, 5) is 14.8. The van der Waals surface area contributed by atoms with Crippen molar-refractivity contribution in [3.05, 3.63) is 41.9 Å². The maximum atomic E-state index is 10.9. The third-order valence-corrected chi connectivity index (χ3v) is 2.10. The third-order valence-electron chi connectivity index (χ3n) is 2.10. The van der Waals surface area contributed by atoms with Gasteiger partial charge in [-0.1, -0.05) is 0 Å². The Morgan fingerprint density at radius 1 is 1.56 bits per heavy atom. The van der Waals surface area contributed by atoms with Crippen LogP contribution < -0.4 is 0 Å². The van der Waals surface area contributed by atoms with Crippen LogP contribution in [-0.4, -0.2) is 20.5 Å². The van der Waals surface area contributed by atoms with Crippen molar-refractivity contribution in [2.24, 2.45) is 0 Å². The van der Waals surface area contributed by atoms with Crippen molar-refractivity contribution in [2.75, 3.05) is 0 Å². The highest BCUT2D eigenvalue weighted by atomic mass is 16.4. The standard InChI is InChI=1S/C11H7N3O2/c12-5-1-2-8-3-4-10-13-6-9(11(15)16)14(10)7-8/h1-4,6-7H,(H,15,16). The molecule has 0 amide bonds. The highest BCUT2D eigenvalue weighted by Crippen LogP contribution is 2.10. The minimum absolute atomic E-state index is 0.0993. The molecule has 0 saturated carbocycles. The number of hydrogen-bond acceptors (Lipinski definition) is 3. The average Bonchev–Trinajstić information content (AvgIpc) is 2.69. The van der Waals surface area contributed by atoms with Crippen LogP contribution in [0.15, 0.2) is 30.6 Å². The number of imidazole rings is 1. The molecule has 1 N–H and O–H groups in total. The second kappa shape index (κ2) is 3.87. The molecule has 0 atom stereocenters. The summed E-state index contributed by atoms with van der Waals surface area (Å²) in [6, 6.07) is 5.34. The molecule has 5 nitrogen and oxygen atoms in total. The van der Waals surface area contributed by atoms with Crippen molar-refractivity contribution >= 4 is 17.7 Å². The normalized spacial score (nSPS) is 10.7. The maximum absolute atomic E-state index is 10.9. The largest absolute Gasteiger partial charge is 0.477 e. The van der Waals surface area contributed by atoms with E-state index < -0.39 is 5.97 Å². The topological polar surface area (TPSA) is 78.4 Å². The fraction of sp³-hybridized carbons (Fsp3) is 0. The summed E-state index contributed by atoms with van der Waals surface area (Å²) in [6.45, 7) is 0. The third kappa shape index (κ3) is 1.64. The number of allylic oxidation sites excluding steroid dienone is 1. The van der Waals surface area contributed by atoms with Gasteiger partial charge in [0.05, 0.1) is 12.3 Å². The van der Waals surface area contributed by atoms with Crippen LogP contribution in [0.4, 0.5) is 0 Å². The summed E-state index contributed by atoms with van der Waals surface area (Å²) < 4.78 is 1.47. The van der Waals surface area contributed by atoms with E-state index >= 15 is 0 Å². The molecule has 78 valence electrons. The van der Waals surface area contributed by atoms with Gasteiger partial charge in [0, 0.05) is 12.3 Å². The summed E-state index contributed by atoms with van der Waals surface area (Å²) in [7, 11) is 0. The lowest BCUT2D eigenvalue weighted by atomic mass is 10.2. The number of fused-ring (bicyclic) bond motifs is 1. The van der Waals surface area contributed by atoms with Gasteiger partial charge in [-0.3, -0.25) is 4.40 Å². The first-order valence-corrected chi connectivity index (χ1v) is 4.49. The zero-order valence-corrected chi connectivity index (χ0v) is 8.16. The number of nitrogens with zero attached hydrogens (tertiary/aromatic N) is 3. The fourth-order valence-corrected chi connectivity index (χ4v) is 1.39. The van der Waals surface area contributed by atoms with Crippen molar-refractivity contribution < 1.29 is 9.90 Å². The first kappa shape index (κ1) is 9.93. The molecule has 0 aromatic carbocycles. The van der Waals surface area contributed by atoms with Gasteiger partial charge in [-0.05, 0) is 23.8 Å². The quantitative estimate of drug-likeness (QED) is 0.768. The van der Waals surface area contributed by atoms with E-state index in [9.17, 15) is 4.79 Å². The van der Waals surface area contributed by atoms with E-state index in [1.54, 1.807) is 24.4 Å². The highest BCUT2D eigenvalue weighted by molar-refractivity contribution is 5.86. The second-order valence-electron chi connectivity index (χ2n) is 3.10. The number of carbonyl (C=O) groups is 1. The number of pyridine rings is 1. The molecular weight excluding hydrogens is 206 g/mol. The van der Waals surface area contributed by atoms with Gasteiger partial charge < -0.3 is 5.11 Å². The van der Waals surface area contributed by atoms with E-state index in [1.807, 2.05) is 6.07 Å². The van der Waals surface area contributed by atoms with Crippen molar-refractivity contribution in [3.8, 4) is 6.07 Å². The van der Waals surface area contributed by atoms with Crippen LogP contribution in [0.25, 0.3) is 11.7 Å². The minimum atomic E-state index is -1.03. The van der Waals surface area contributed by atoms with Crippen LogP contribution in [0.5, 0.6) is 0 Å². The van der Waals surface area contributed by atoms with E-state index in [2.05, 4.69) is 4.98 Å². The van der Waals surface area contributed by atoms with Gasteiger partial charge in [0.2, 0.25) is 0 Å². The molecule has 0 radical (unpaired) electrons. The van der Waals surface area contributed by atoms with Crippen LogP contribution in [-0.2, 0) is 0 Å². The van der Waals surface area contributed by atoms with E-state index in [-0.39, 0.29) is 5.69 Å². The number of aromatic nitrogens is 2. The summed E-state index contributed by atoms with van der Waals surface area (Å²) in [5.41, 5.74) is 1.41. The Labute approximate surface area is 90.9 Å². The average molecular weight is 213 g/mol. The minimum Gasteiger partial charge on any atom is -0.477 e. The number of rotatable bonds is 2. The van der Waals surface area contributed by atoms with E-state index in [0.29, 0.717) is 5.65 Å². The van der Waals surface area contributed by atoms with Crippen molar-refractivity contribution in [1.29, 1.82) is 5.26 Å². The van der Waals surface area contributed by atoms with Crippen molar-refractivity contribution in [2.45, 2.75) is 0 Å². The number of hydrogen-bond donors (Lipinski definition) is 1. The molecular formula is C11H7N3O2. The SMILES string of the molecule is N#CC=Cc1ccc2ncc(C(=O)O)n2c1. The highest BCUT2D eigenvalue weighted by Gasteiger charge is 2.09. The first-order chi connectivity index (χ1) is 7.72. The molecule has 0 aliphatic carbocycles. The van der Waals surface area contributed by atoms with Crippen LogP contribution in [0.3, 0.4) is 0 Å². The van der Waals surface area contributed by atoms with Gasteiger partial charge >= 0.3 is 5.97 Å². The zero-order valence-electron chi connectivity index (χ0n) is 8.16. The predicted octanol–water partition coefficient (Wildman–Crippen LogP) is 1.57. The number of nitriles is 1. The number of carboxylic acids is 1. The molecule has 2 aromatic heterocycles. The molecule has 2 rings (SSSR count). The number of carboxylic acid groups (broad SMARTS) is 1. The van der Waals surface area contributed by atoms with Crippen LogP contribution in [0, 0.1) is 11.3 Å². The Hall–Kier alpha value is -2.61. The Morgan fingerprint density at radius 2 is 2.38 bits per heavy atom. The lowest BCUT2D eigenvalue weighted by molar-refractivity contribution is 0.0689. The predicted molar refractivity (Wildman–Crippen MR) is 56.8 cm³/mol. The Morgan fingerprint density at radius 3 is 3.06 bits per heavy atom. The summed E-state index contributed by atoms with van der Waals surface area (Å²) in [6.07, 6.45) is 5.86. The second-order valence-corrected chi connectivity index (χ2v) is 3.10. The number of aromatic carboxylic acids is 1. The Kier molecular flexibility index (Phi) is 2.40. The molecule has 5 heteroatoms. The first-order valence-electron chi connectivity index (χ1n) is 4.49. The Bertz CT molecular complexity index is 620. The molecule has 0 saturated heterocycles. The summed E-state index contributed by atoms with van der Waals surface area (Å²) in [5.74, 6) is -1.03. The van der Waals surface area contributed by atoms with Crippen LogP contribution >= 0.6 is 0 Å². The lowest BCUT2D eigenvalue weighted by Gasteiger charge is -1.98. The van der Waals surface area contributed by atoms with E-state index in [0.717, 1.165) is 5.56 Å². The molecule has 16 heavy (non-hydrogen) atoms. The molecule has 0 spiro atoms. The lowest BCUT2D eigenvalue weighted by Crippen LogP contribution is -2.01. The van der Waals surface area contributed by atoms with E-state index in [4.69, 9.17) is 10.4 Å². The molecule has 0 unspecified atom stereocenters. The van der Waals surface area contributed by atoms with Gasteiger partial charge in [0.1, 0.15) is 5.65 Å². The molecule has 2 heterocycles. The molecule has 0 fully saturated rings. The fourth-order valence-electron chi connectivity index (χ4n) is 1.39. The van der Waals surface area contributed by atoms with Crippen LogP contribution in [0.2, 0.25) is 0 Å². The smallest absolute Gasteiger partial charge is 0.354 e. The monoisotopic (exact) mass is 213 g/mol. The molecule has 0 bridgehead atoms. The summed E-state index contributed by atoms with van der Waals surface area (Å²) >= 11 is 0. The van der Waals surface area contributed by atoms with Gasteiger partial charge in [-0.2, -0.15) is 5.26 Å².